The number of hydrogen-bond donors (Lipinski definition) is 2. The van der Waals surface area contributed by atoms with Crippen molar-refractivity contribution >= 4 is 11.3 Å². The third kappa shape index (κ3) is 3.17. The van der Waals surface area contributed by atoms with E-state index in [2.05, 4.69) is 30.3 Å². The normalized spacial score (nSPS) is 12.4. The van der Waals surface area contributed by atoms with Gasteiger partial charge in [-0.25, -0.2) is 4.98 Å². The number of ether oxygens (including phenoxy) is 1. The van der Waals surface area contributed by atoms with E-state index in [9.17, 15) is 0 Å². The highest BCUT2D eigenvalue weighted by Crippen LogP contribution is 2.29. The van der Waals surface area contributed by atoms with Gasteiger partial charge in [0.25, 0.3) is 0 Å². The molecule has 0 aliphatic rings. The Labute approximate surface area is 124 Å². The fourth-order valence-electron chi connectivity index (χ4n) is 2.19. The van der Waals surface area contributed by atoms with Gasteiger partial charge in [-0.2, -0.15) is 0 Å². The number of aryl methyl sites for hydroxylation is 3. The summed E-state index contributed by atoms with van der Waals surface area (Å²) in [6, 6.07) is 6.12. The number of aromatic nitrogens is 1. The maximum Gasteiger partial charge on any atom is 0.123 e. The molecule has 0 spiro atoms. The molecular formula is C15H21N3OS. The van der Waals surface area contributed by atoms with Crippen molar-refractivity contribution in [1.82, 2.24) is 10.4 Å². The van der Waals surface area contributed by atoms with Gasteiger partial charge in [0.1, 0.15) is 5.75 Å². The van der Waals surface area contributed by atoms with Gasteiger partial charge in [0.15, 0.2) is 0 Å². The summed E-state index contributed by atoms with van der Waals surface area (Å²) < 4.78 is 5.44. The van der Waals surface area contributed by atoms with Gasteiger partial charge in [0.05, 0.1) is 23.9 Å². The Morgan fingerprint density at radius 2 is 2.10 bits per heavy atom. The molecule has 0 fully saturated rings. The predicted octanol–water partition coefficient (Wildman–Crippen LogP) is 2.82. The molecule has 2 aromatic rings. The smallest absolute Gasteiger partial charge is 0.123 e. The maximum atomic E-state index is 5.74. The zero-order chi connectivity index (χ0) is 14.7. The summed E-state index contributed by atoms with van der Waals surface area (Å²) in [4.78, 5) is 5.84. The molecule has 0 aliphatic carbocycles. The van der Waals surface area contributed by atoms with E-state index in [-0.39, 0.29) is 6.04 Å². The topological polar surface area (TPSA) is 60.2 Å². The first-order valence-electron chi connectivity index (χ1n) is 6.58. The Morgan fingerprint density at radius 1 is 1.35 bits per heavy atom. The summed E-state index contributed by atoms with van der Waals surface area (Å²) in [7, 11) is 1.68. The van der Waals surface area contributed by atoms with Crippen LogP contribution in [0.4, 0.5) is 0 Å². The number of nitrogens with zero attached hydrogens (tertiary/aromatic N) is 1. The van der Waals surface area contributed by atoms with Crippen molar-refractivity contribution in [2.45, 2.75) is 33.2 Å². The summed E-state index contributed by atoms with van der Waals surface area (Å²) in [5.41, 5.74) is 6.24. The lowest BCUT2D eigenvalue weighted by Crippen LogP contribution is -2.30. The van der Waals surface area contributed by atoms with Crippen LogP contribution in [-0.2, 0) is 6.42 Å². The van der Waals surface area contributed by atoms with Gasteiger partial charge in [0.2, 0.25) is 0 Å². The fourth-order valence-corrected chi connectivity index (χ4v) is 3.17. The van der Waals surface area contributed by atoms with E-state index >= 15 is 0 Å². The van der Waals surface area contributed by atoms with Crippen LogP contribution in [0.1, 0.15) is 32.7 Å². The average molecular weight is 291 g/mol. The number of benzene rings is 1. The van der Waals surface area contributed by atoms with Gasteiger partial charge in [-0.15, -0.1) is 11.3 Å². The summed E-state index contributed by atoms with van der Waals surface area (Å²) in [6.45, 7) is 6.19. The molecule has 5 heteroatoms. The third-order valence-electron chi connectivity index (χ3n) is 3.41. The molecule has 108 valence electrons. The Hall–Kier alpha value is -1.43. The quantitative estimate of drug-likeness (QED) is 0.657. The van der Waals surface area contributed by atoms with Crippen LogP contribution in [0.2, 0.25) is 0 Å². The van der Waals surface area contributed by atoms with E-state index < -0.39 is 0 Å². The lowest BCUT2D eigenvalue weighted by atomic mass is 10.0. The molecule has 1 heterocycles. The van der Waals surface area contributed by atoms with Crippen molar-refractivity contribution in [1.29, 1.82) is 0 Å². The molecule has 1 aromatic carbocycles. The van der Waals surface area contributed by atoms with Crippen LogP contribution in [0.15, 0.2) is 18.2 Å². The van der Waals surface area contributed by atoms with E-state index in [0.29, 0.717) is 0 Å². The van der Waals surface area contributed by atoms with Crippen LogP contribution >= 0.6 is 11.3 Å². The summed E-state index contributed by atoms with van der Waals surface area (Å²) in [5, 5.41) is 1.09. The van der Waals surface area contributed by atoms with E-state index in [4.69, 9.17) is 10.6 Å². The minimum atomic E-state index is -0.00481. The number of methoxy groups -OCH3 is 1. The Bertz CT molecular complexity index is 575. The largest absolute Gasteiger partial charge is 0.496 e. The Morgan fingerprint density at radius 3 is 2.65 bits per heavy atom. The zero-order valence-corrected chi connectivity index (χ0v) is 13.2. The van der Waals surface area contributed by atoms with Crippen LogP contribution in [0.25, 0.3) is 0 Å². The summed E-state index contributed by atoms with van der Waals surface area (Å²) in [6.07, 6.45) is 0.760. The van der Waals surface area contributed by atoms with Gasteiger partial charge in [-0.05, 0) is 26.8 Å². The Balaban J connectivity index is 2.30. The first-order valence-corrected chi connectivity index (χ1v) is 7.40. The van der Waals surface area contributed by atoms with Crippen molar-refractivity contribution in [3.8, 4) is 5.75 Å². The lowest BCUT2D eigenvalue weighted by molar-refractivity contribution is 0.399. The second-order valence-electron chi connectivity index (χ2n) is 4.92. The van der Waals surface area contributed by atoms with Crippen LogP contribution in [0.5, 0.6) is 5.75 Å². The van der Waals surface area contributed by atoms with Crippen LogP contribution in [0.3, 0.4) is 0 Å². The van der Waals surface area contributed by atoms with Crippen LogP contribution in [0, 0.1) is 20.8 Å². The number of rotatable bonds is 5. The monoisotopic (exact) mass is 291 g/mol. The number of nitrogens with one attached hydrogen (secondary N) is 1. The highest BCUT2D eigenvalue weighted by atomic mass is 32.1. The average Bonchev–Trinajstić information content (AvgIpc) is 2.75. The minimum absolute atomic E-state index is 0.00481. The molecule has 1 aromatic heterocycles. The van der Waals surface area contributed by atoms with E-state index in [1.54, 1.807) is 18.4 Å². The van der Waals surface area contributed by atoms with E-state index in [1.165, 1.54) is 10.4 Å². The number of hydrazine groups is 1. The number of thiazole rings is 1. The van der Waals surface area contributed by atoms with Gasteiger partial charge in [-0.1, -0.05) is 17.7 Å². The van der Waals surface area contributed by atoms with Crippen molar-refractivity contribution in [3.05, 3.63) is 44.9 Å². The van der Waals surface area contributed by atoms with Crippen LogP contribution in [-0.4, -0.2) is 12.1 Å². The molecule has 1 atom stereocenters. The van der Waals surface area contributed by atoms with Crippen molar-refractivity contribution < 1.29 is 4.74 Å². The highest BCUT2D eigenvalue weighted by molar-refractivity contribution is 7.11. The van der Waals surface area contributed by atoms with E-state index in [0.717, 1.165) is 28.4 Å². The molecule has 0 bridgehead atoms. The van der Waals surface area contributed by atoms with Gasteiger partial charge in [0, 0.05) is 16.9 Å². The molecule has 2 rings (SSSR count). The maximum absolute atomic E-state index is 5.74. The third-order valence-corrected chi connectivity index (χ3v) is 4.51. The van der Waals surface area contributed by atoms with E-state index in [1.807, 2.05) is 19.1 Å². The second-order valence-corrected chi connectivity index (χ2v) is 6.21. The molecule has 0 saturated carbocycles. The van der Waals surface area contributed by atoms with Gasteiger partial charge >= 0.3 is 0 Å². The van der Waals surface area contributed by atoms with Gasteiger partial charge in [-0.3, -0.25) is 11.3 Å². The zero-order valence-electron chi connectivity index (χ0n) is 12.4. The first kappa shape index (κ1) is 15.0. The second kappa shape index (κ2) is 6.35. The molecule has 20 heavy (non-hydrogen) atoms. The summed E-state index contributed by atoms with van der Waals surface area (Å²) >= 11 is 1.72. The predicted molar refractivity (Wildman–Crippen MR) is 83.1 cm³/mol. The molecule has 4 nitrogen and oxygen atoms in total. The molecule has 3 N–H and O–H groups in total. The molecule has 0 radical (unpaired) electrons. The fraction of sp³-hybridized carbons (Fsp3) is 0.400. The highest BCUT2D eigenvalue weighted by Gasteiger charge is 2.18. The van der Waals surface area contributed by atoms with Crippen molar-refractivity contribution in [2.24, 2.45) is 5.84 Å². The SMILES string of the molecule is COc1ccc(C)cc1C(Cc1nc(C)c(C)s1)NN. The van der Waals surface area contributed by atoms with Gasteiger partial charge < -0.3 is 4.74 Å². The molecule has 0 amide bonds. The minimum Gasteiger partial charge on any atom is -0.496 e. The van der Waals surface area contributed by atoms with Crippen molar-refractivity contribution in [2.75, 3.05) is 7.11 Å². The first-order chi connectivity index (χ1) is 9.55. The molecular weight excluding hydrogens is 270 g/mol. The lowest BCUT2D eigenvalue weighted by Gasteiger charge is -2.18. The standard InChI is InChI=1S/C15H21N3OS/c1-9-5-6-14(19-4)12(7-9)13(18-16)8-15-17-10(2)11(3)20-15/h5-7,13,18H,8,16H2,1-4H3. The number of hydrogen-bond acceptors (Lipinski definition) is 5. The molecule has 0 aliphatic heterocycles. The van der Waals surface area contributed by atoms with Crippen LogP contribution < -0.4 is 16.0 Å². The Kier molecular flexibility index (Phi) is 4.75. The summed E-state index contributed by atoms with van der Waals surface area (Å²) in [5.74, 6) is 6.59. The van der Waals surface area contributed by atoms with Crippen molar-refractivity contribution in [3.63, 3.8) is 0 Å². The number of nitrogens with two attached hydrogens (primary N) is 1. The molecule has 1 unspecified atom stereocenters. The molecule has 0 saturated heterocycles.